The van der Waals surface area contributed by atoms with Gasteiger partial charge in [0.25, 0.3) is 0 Å². The second-order valence-electron chi connectivity index (χ2n) is 5.97. The number of morpholine rings is 1. The molecular weight excluding hydrogens is 326 g/mol. The van der Waals surface area contributed by atoms with Crippen LogP contribution in [-0.4, -0.2) is 53.5 Å². The van der Waals surface area contributed by atoms with Crippen molar-refractivity contribution in [2.45, 2.75) is 13.1 Å². The van der Waals surface area contributed by atoms with Crippen molar-refractivity contribution in [2.75, 3.05) is 38.3 Å². The molecule has 1 fully saturated rings. The van der Waals surface area contributed by atoms with Gasteiger partial charge in [0.1, 0.15) is 11.0 Å². The van der Waals surface area contributed by atoms with Gasteiger partial charge < -0.3 is 9.64 Å². The van der Waals surface area contributed by atoms with Gasteiger partial charge >= 0.3 is 0 Å². The number of aromatic nitrogens is 3. The van der Waals surface area contributed by atoms with Gasteiger partial charge in [0.15, 0.2) is 5.13 Å². The Morgan fingerprint density at radius 1 is 1.17 bits per heavy atom. The van der Waals surface area contributed by atoms with Gasteiger partial charge in [-0.05, 0) is 35.1 Å². The first kappa shape index (κ1) is 15.5. The van der Waals surface area contributed by atoms with Crippen LogP contribution >= 0.6 is 11.3 Å². The highest BCUT2D eigenvalue weighted by Gasteiger charge is 2.15. The SMILES string of the molecule is CN(Cc1ccc2nonc2c1)Cc1cnc(N2CCOCC2)s1. The highest BCUT2D eigenvalue weighted by atomic mass is 32.1. The van der Waals surface area contributed by atoms with Crippen molar-refractivity contribution in [3.8, 4) is 0 Å². The fourth-order valence-electron chi connectivity index (χ4n) is 2.83. The van der Waals surface area contributed by atoms with Crippen molar-refractivity contribution in [3.63, 3.8) is 0 Å². The van der Waals surface area contributed by atoms with E-state index in [9.17, 15) is 0 Å². The van der Waals surface area contributed by atoms with E-state index in [2.05, 4.69) is 38.2 Å². The molecule has 126 valence electrons. The predicted octanol–water partition coefficient (Wildman–Crippen LogP) is 2.15. The molecule has 0 saturated carbocycles. The molecule has 3 heterocycles. The number of thiazole rings is 1. The lowest BCUT2D eigenvalue weighted by atomic mass is 10.2. The van der Waals surface area contributed by atoms with Crippen LogP contribution in [0.4, 0.5) is 5.13 Å². The minimum absolute atomic E-state index is 0.786. The van der Waals surface area contributed by atoms with Gasteiger partial charge in [-0.25, -0.2) is 9.61 Å². The van der Waals surface area contributed by atoms with E-state index in [-0.39, 0.29) is 0 Å². The Labute approximate surface area is 143 Å². The van der Waals surface area contributed by atoms with Gasteiger partial charge in [0.05, 0.1) is 13.2 Å². The Morgan fingerprint density at radius 3 is 2.88 bits per heavy atom. The number of hydrogen-bond donors (Lipinski definition) is 0. The molecule has 4 rings (SSSR count). The van der Waals surface area contributed by atoms with Crippen LogP contribution in [0.25, 0.3) is 11.0 Å². The summed E-state index contributed by atoms with van der Waals surface area (Å²) in [6, 6.07) is 6.03. The van der Waals surface area contributed by atoms with Crippen molar-refractivity contribution < 1.29 is 9.37 Å². The molecule has 0 bridgehead atoms. The number of anilines is 1. The van der Waals surface area contributed by atoms with Gasteiger partial charge in [0.2, 0.25) is 0 Å². The summed E-state index contributed by atoms with van der Waals surface area (Å²) in [7, 11) is 2.11. The molecule has 1 aliphatic rings. The Balaban J connectivity index is 1.38. The van der Waals surface area contributed by atoms with Crippen LogP contribution in [-0.2, 0) is 17.8 Å². The zero-order chi connectivity index (χ0) is 16.4. The normalized spacial score (nSPS) is 15.5. The molecule has 0 amide bonds. The molecule has 0 unspecified atom stereocenters. The molecule has 7 nitrogen and oxygen atoms in total. The summed E-state index contributed by atoms with van der Waals surface area (Å²) in [5, 5.41) is 8.83. The molecule has 1 aromatic carbocycles. The van der Waals surface area contributed by atoms with E-state index in [0.29, 0.717) is 0 Å². The quantitative estimate of drug-likeness (QED) is 0.702. The topological polar surface area (TPSA) is 67.5 Å². The first-order valence-electron chi connectivity index (χ1n) is 7.95. The van der Waals surface area contributed by atoms with E-state index < -0.39 is 0 Å². The molecule has 2 aromatic heterocycles. The monoisotopic (exact) mass is 345 g/mol. The Kier molecular flexibility index (Phi) is 4.42. The minimum atomic E-state index is 0.786. The first-order chi connectivity index (χ1) is 11.8. The molecule has 1 saturated heterocycles. The van der Waals surface area contributed by atoms with E-state index >= 15 is 0 Å². The minimum Gasteiger partial charge on any atom is -0.378 e. The van der Waals surface area contributed by atoms with Gasteiger partial charge in [-0.15, -0.1) is 11.3 Å². The number of rotatable bonds is 5. The maximum Gasteiger partial charge on any atom is 0.185 e. The van der Waals surface area contributed by atoms with Crippen LogP contribution in [0.2, 0.25) is 0 Å². The number of benzene rings is 1. The molecule has 0 spiro atoms. The molecule has 0 atom stereocenters. The average Bonchev–Trinajstić information content (AvgIpc) is 3.24. The highest BCUT2D eigenvalue weighted by molar-refractivity contribution is 7.15. The standard InChI is InChI=1S/C16H19N5O2S/c1-20(10-12-2-3-14-15(8-12)19-23-18-14)11-13-9-17-16(24-13)21-4-6-22-7-5-21/h2-3,8-9H,4-7,10-11H2,1H3. The summed E-state index contributed by atoms with van der Waals surface area (Å²) in [6.07, 6.45) is 1.98. The van der Waals surface area contributed by atoms with E-state index in [0.717, 1.165) is 55.6 Å². The molecule has 24 heavy (non-hydrogen) atoms. The number of hydrogen-bond acceptors (Lipinski definition) is 8. The van der Waals surface area contributed by atoms with Crippen LogP contribution in [0.15, 0.2) is 29.0 Å². The maximum atomic E-state index is 5.39. The van der Waals surface area contributed by atoms with Gasteiger partial charge in [-0.1, -0.05) is 6.07 Å². The lowest BCUT2D eigenvalue weighted by Crippen LogP contribution is -2.36. The van der Waals surface area contributed by atoms with Crippen molar-refractivity contribution in [2.24, 2.45) is 0 Å². The zero-order valence-electron chi connectivity index (χ0n) is 13.5. The number of nitrogens with zero attached hydrogens (tertiary/aromatic N) is 5. The first-order valence-corrected chi connectivity index (χ1v) is 8.77. The fourth-order valence-corrected chi connectivity index (χ4v) is 3.87. The van der Waals surface area contributed by atoms with Gasteiger partial charge in [-0.2, -0.15) is 0 Å². The largest absolute Gasteiger partial charge is 0.378 e. The van der Waals surface area contributed by atoms with E-state index in [4.69, 9.17) is 9.37 Å². The molecule has 1 aliphatic heterocycles. The Hall–Kier alpha value is -2.03. The van der Waals surface area contributed by atoms with Crippen molar-refractivity contribution in [1.82, 2.24) is 20.2 Å². The predicted molar refractivity (Wildman–Crippen MR) is 92.1 cm³/mol. The maximum absolute atomic E-state index is 5.39. The van der Waals surface area contributed by atoms with Crippen molar-refractivity contribution in [1.29, 1.82) is 0 Å². The molecule has 8 heteroatoms. The summed E-state index contributed by atoms with van der Waals surface area (Å²) < 4.78 is 10.1. The molecule has 0 N–H and O–H groups in total. The van der Waals surface area contributed by atoms with E-state index in [1.165, 1.54) is 10.4 Å². The number of ether oxygens (including phenoxy) is 1. The molecule has 0 radical (unpaired) electrons. The summed E-state index contributed by atoms with van der Waals surface area (Å²) in [4.78, 5) is 10.4. The third-order valence-corrected chi connectivity index (χ3v) is 5.06. The van der Waals surface area contributed by atoms with Crippen LogP contribution in [0.5, 0.6) is 0 Å². The smallest absolute Gasteiger partial charge is 0.185 e. The molecular formula is C16H19N5O2S. The van der Waals surface area contributed by atoms with Crippen LogP contribution < -0.4 is 4.90 Å². The summed E-state index contributed by atoms with van der Waals surface area (Å²) >= 11 is 1.76. The Morgan fingerprint density at radius 2 is 2.00 bits per heavy atom. The second kappa shape index (κ2) is 6.84. The van der Waals surface area contributed by atoms with Crippen LogP contribution in [0.3, 0.4) is 0 Å². The second-order valence-corrected chi connectivity index (χ2v) is 7.06. The third kappa shape index (κ3) is 3.40. The van der Waals surface area contributed by atoms with E-state index in [1.54, 1.807) is 11.3 Å². The fraction of sp³-hybridized carbons (Fsp3) is 0.438. The van der Waals surface area contributed by atoms with E-state index in [1.807, 2.05) is 18.3 Å². The summed E-state index contributed by atoms with van der Waals surface area (Å²) in [5.41, 5.74) is 2.78. The van der Waals surface area contributed by atoms with Gasteiger partial charge in [0, 0.05) is 37.3 Å². The zero-order valence-corrected chi connectivity index (χ0v) is 14.3. The number of fused-ring (bicyclic) bond motifs is 1. The summed E-state index contributed by atoms with van der Waals surface area (Å²) in [5.74, 6) is 0. The molecule has 3 aromatic rings. The Bertz CT molecular complexity index is 812. The molecule has 0 aliphatic carbocycles. The third-order valence-electron chi connectivity index (χ3n) is 4.02. The van der Waals surface area contributed by atoms with Crippen molar-refractivity contribution >= 4 is 27.5 Å². The summed E-state index contributed by atoms with van der Waals surface area (Å²) in [6.45, 7) is 5.14. The van der Waals surface area contributed by atoms with Crippen LogP contribution in [0, 0.1) is 0 Å². The van der Waals surface area contributed by atoms with Crippen LogP contribution in [0.1, 0.15) is 10.4 Å². The lowest BCUT2D eigenvalue weighted by molar-refractivity contribution is 0.122. The average molecular weight is 345 g/mol. The van der Waals surface area contributed by atoms with Gasteiger partial charge in [-0.3, -0.25) is 4.90 Å². The van der Waals surface area contributed by atoms with Crippen molar-refractivity contribution in [3.05, 3.63) is 34.8 Å². The lowest BCUT2D eigenvalue weighted by Gasteiger charge is -2.26. The highest BCUT2D eigenvalue weighted by Crippen LogP contribution is 2.24.